The van der Waals surface area contributed by atoms with E-state index in [0.29, 0.717) is 12.1 Å². The lowest BCUT2D eigenvalue weighted by Crippen LogP contribution is -2.23. The molecule has 0 atom stereocenters. The Morgan fingerprint density at radius 3 is 2.65 bits per heavy atom. The minimum absolute atomic E-state index is 0.116. The van der Waals surface area contributed by atoms with E-state index in [2.05, 4.69) is 15.3 Å². The molecule has 2 heterocycles. The van der Waals surface area contributed by atoms with Gasteiger partial charge in [-0.15, -0.1) is 0 Å². The summed E-state index contributed by atoms with van der Waals surface area (Å²) in [6.45, 7) is 0.413. The van der Waals surface area contributed by atoms with E-state index in [0.717, 1.165) is 16.6 Å². The number of rotatable bonds is 3. The normalized spacial score (nSPS) is 10.4. The highest BCUT2D eigenvalue weighted by Gasteiger charge is 2.09. The summed E-state index contributed by atoms with van der Waals surface area (Å²) in [5, 5.41) is 3.73. The summed E-state index contributed by atoms with van der Waals surface area (Å²) in [5.41, 5.74) is 2.28. The highest BCUT2D eigenvalue weighted by molar-refractivity contribution is 6.05. The van der Waals surface area contributed by atoms with Gasteiger partial charge in [0.25, 0.3) is 5.91 Å². The van der Waals surface area contributed by atoms with Crippen LogP contribution in [0.3, 0.4) is 0 Å². The number of benzene rings is 1. The third-order valence-electron chi connectivity index (χ3n) is 3.05. The number of hydrogen-bond acceptors (Lipinski definition) is 3. The molecular formula is C16H13N3O. The second-order valence-corrected chi connectivity index (χ2v) is 4.38. The van der Waals surface area contributed by atoms with Crippen molar-refractivity contribution in [1.29, 1.82) is 0 Å². The summed E-state index contributed by atoms with van der Waals surface area (Å²) >= 11 is 0. The van der Waals surface area contributed by atoms with Crippen LogP contribution in [0.15, 0.2) is 60.9 Å². The topological polar surface area (TPSA) is 54.9 Å². The van der Waals surface area contributed by atoms with Crippen LogP contribution in [-0.4, -0.2) is 15.9 Å². The molecule has 1 amide bonds. The first-order valence-electron chi connectivity index (χ1n) is 6.36. The zero-order valence-electron chi connectivity index (χ0n) is 10.8. The predicted octanol–water partition coefficient (Wildman–Crippen LogP) is 2.56. The maximum Gasteiger partial charge on any atom is 0.252 e. The van der Waals surface area contributed by atoms with Crippen LogP contribution in [0.4, 0.5) is 0 Å². The molecule has 4 nitrogen and oxygen atoms in total. The molecule has 2 aromatic heterocycles. The molecule has 0 aliphatic rings. The number of carbonyl (C=O) groups is 1. The number of amides is 1. The van der Waals surface area contributed by atoms with Gasteiger partial charge in [-0.05, 0) is 24.3 Å². The van der Waals surface area contributed by atoms with Crippen LogP contribution in [0.25, 0.3) is 10.9 Å². The van der Waals surface area contributed by atoms with Crippen molar-refractivity contribution in [3.8, 4) is 0 Å². The molecule has 0 saturated carbocycles. The van der Waals surface area contributed by atoms with Gasteiger partial charge in [-0.3, -0.25) is 14.8 Å². The van der Waals surface area contributed by atoms with E-state index in [9.17, 15) is 4.79 Å². The van der Waals surface area contributed by atoms with Crippen LogP contribution < -0.4 is 5.32 Å². The van der Waals surface area contributed by atoms with Crippen LogP contribution in [-0.2, 0) is 6.54 Å². The molecule has 98 valence electrons. The van der Waals surface area contributed by atoms with E-state index >= 15 is 0 Å². The highest BCUT2D eigenvalue weighted by Crippen LogP contribution is 2.15. The van der Waals surface area contributed by atoms with Crippen molar-refractivity contribution in [3.05, 3.63) is 72.2 Å². The molecule has 0 aliphatic heterocycles. The third kappa shape index (κ3) is 2.49. The molecule has 20 heavy (non-hydrogen) atoms. The Labute approximate surface area is 116 Å². The Morgan fingerprint density at radius 2 is 1.80 bits per heavy atom. The molecule has 0 aliphatic carbocycles. The van der Waals surface area contributed by atoms with Gasteiger partial charge in [0.2, 0.25) is 0 Å². The second kappa shape index (κ2) is 5.48. The number of hydrogen-bond donors (Lipinski definition) is 1. The van der Waals surface area contributed by atoms with E-state index in [1.54, 1.807) is 18.5 Å². The average molecular weight is 263 g/mol. The zero-order valence-corrected chi connectivity index (χ0v) is 10.8. The minimum Gasteiger partial charge on any atom is -0.346 e. The maximum atomic E-state index is 12.3. The molecule has 0 radical (unpaired) electrons. The van der Waals surface area contributed by atoms with Crippen molar-refractivity contribution in [2.75, 3.05) is 0 Å². The van der Waals surface area contributed by atoms with Gasteiger partial charge in [0.15, 0.2) is 0 Å². The summed E-state index contributed by atoms with van der Waals surface area (Å²) in [4.78, 5) is 20.7. The largest absolute Gasteiger partial charge is 0.346 e. The van der Waals surface area contributed by atoms with Gasteiger partial charge < -0.3 is 5.32 Å². The fourth-order valence-corrected chi connectivity index (χ4v) is 2.06. The van der Waals surface area contributed by atoms with E-state index < -0.39 is 0 Å². The van der Waals surface area contributed by atoms with Crippen LogP contribution in [0.2, 0.25) is 0 Å². The molecule has 1 N–H and O–H groups in total. The van der Waals surface area contributed by atoms with Gasteiger partial charge in [0.1, 0.15) is 0 Å². The molecule has 0 bridgehead atoms. The molecule has 1 aromatic carbocycles. The lowest BCUT2D eigenvalue weighted by molar-refractivity contribution is 0.0952. The van der Waals surface area contributed by atoms with E-state index in [-0.39, 0.29) is 5.91 Å². The summed E-state index contributed by atoms with van der Waals surface area (Å²) in [6.07, 6.45) is 3.36. The molecule has 0 saturated heterocycles. The number of nitrogens with zero attached hydrogens (tertiary/aromatic N) is 2. The first-order chi connectivity index (χ1) is 9.84. The fraction of sp³-hybridized carbons (Fsp3) is 0.0625. The van der Waals surface area contributed by atoms with Gasteiger partial charge in [0.05, 0.1) is 23.3 Å². The molecule has 3 aromatic rings. The maximum absolute atomic E-state index is 12.3. The Balaban J connectivity index is 1.82. The van der Waals surface area contributed by atoms with Crippen molar-refractivity contribution in [1.82, 2.24) is 15.3 Å². The standard InChI is InChI=1S/C16H13N3O/c20-16(19-11-12-5-3-4-9-17-12)14-8-10-18-15-7-2-1-6-13(14)15/h1-10H,11H2,(H,19,20). The van der Waals surface area contributed by atoms with E-state index in [1.165, 1.54) is 0 Å². The molecule has 3 rings (SSSR count). The summed E-state index contributed by atoms with van der Waals surface area (Å²) in [6, 6.07) is 15.0. The van der Waals surface area contributed by atoms with E-state index in [4.69, 9.17) is 0 Å². The highest BCUT2D eigenvalue weighted by atomic mass is 16.1. The van der Waals surface area contributed by atoms with Crippen molar-refractivity contribution >= 4 is 16.8 Å². The fourth-order valence-electron chi connectivity index (χ4n) is 2.06. The van der Waals surface area contributed by atoms with Crippen molar-refractivity contribution < 1.29 is 4.79 Å². The smallest absolute Gasteiger partial charge is 0.252 e. The van der Waals surface area contributed by atoms with Crippen LogP contribution in [0.1, 0.15) is 16.1 Å². The Bertz CT molecular complexity index is 736. The Morgan fingerprint density at radius 1 is 0.950 bits per heavy atom. The summed E-state index contributed by atoms with van der Waals surface area (Å²) in [7, 11) is 0. The molecule has 0 fully saturated rings. The number of carbonyl (C=O) groups excluding carboxylic acids is 1. The Hall–Kier alpha value is -2.75. The van der Waals surface area contributed by atoms with E-state index in [1.807, 2.05) is 42.5 Å². The van der Waals surface area contributed by atoms with Crippen molar-refractivity contribution in [3.63, 3.8) is 0 Å². The average Bonchev–Trinajstić information content (AvgIpc) is 2.53. The second-order valence-electron chi connectivity index (χ2n) is 4.38. The number of pyridine rings is 2. The first kappa shape index (κ1) is 12.3. The van der Waals surface area contributed by atoms with Gasteiger partial charge in [-0.1, -0.05) is 24.3 Å². The van der Waals surface area contributed by atoms with Gasteiger partial charge in [-0.2, -0.15) is 0 Å². The summed E-state index contributed by atoms with van der Waals surface area (Å²) < 4.78 is 0. The SMILES string of the molecule is O=C(NCc1ccccn1)c1ccnc2ccccc12. The number of nitrogens with one attached hydrogen (secondary N) is 1. The number of para-hydroxylation sites is 1. The quantitative estimate of drug-likeness (QED) is 0.790. The van der Waals surface area contributed by atoms with Crippen molar-refractivity contribution in [2.45, 2.75) is 6.54 Å². The molecule has 4 heteroatoms. The first-order valence-corrected chi connectivity index (χ1v) is 6.36. The summed E-state index contributed by atoms with van der Waals surface area (Å²) in [5.74, 6) is -0.116. The Kier molecular flexibility index (Phi) is 3.37. The number of fused-ring (bicyclic) bond motifs is 1. The van der Waals surface area contributed by atoms with Crippen LogP contribution >= 0.6 is 0 Å². The van der Waals surface area contributed by atoms with Gasteiger partial charge in [-0.25, -0.2) is 0 Å². The molecule has 0 unspecified atom stereocenters. The van der Waals surface area contributed by atoms with Gasteiger partial charge in [0, 0.05) is 17.8 Å². The predicted molar refractivity (Wildman–Crippen MR) is 77.2 cm³/mol. The third-order valence-corrected chi connectivity index (χ3v) is 3.05. The zero-order chi connectivity index (χ0) is 13.8. The minimum atomic E-state index is -0.116. The number of aromatic nitrogens is 2. The van der Waals surface area contributed by atoms with Gasteiger partial charge >= 0.3 is 0 Å². The lowest BCUT2D eigenvalue weighted by Gasteiger charge is -2.07. The molecule has 0 spiro atoms. The van der Waals surface area contributed by atoms with Crippen molar-refractivity contribution in [2.24, 2.45) is 0 Å². The monoisotopic (exact) mass is 263 g/mol. The van der Waals surface area contributed by atoms with Crippen LogP contribution in [0, 0.1) is 0 Å². The lowest BCUT2D eigenvalue weighted by atomic mass is 10.1. The van der Waals surface area contributed by atoms with Crippen LogP contribution in [0.5, 0.6) is 0 Å². The molecular weight excluding hydrogens is 250 g/mol.